The molecule has 156 valence electrons. The van der Waals surface area contributed by atoms with Gasteiger partial charge in [-0.05, 0) is 58.0 Å². The van der Waals surface area contributed by atoms with Crippen LogP contribution in [-0.2, 0) is 4.74 Å². The number of carbonyl (C=O) groups excluding carboxylic acids is 1. The summed E-state index contributed by atoms with van der Waals surface area (Å²) in [6, 6.07) is 9.05. The van der Waals surface area contributed by atoms with E-state index in [1.807, 2.05) is 25.1 Å². The fraction of sp³-hybridized carbons (Fsp3) is 0.182. The second-order valence-corrected chi connectivity index (χ2v) is 8.13. The number of hydrogen-bond acceptors (Lipinski definition) is 7. The summed E-state index contributed by atoms with van der Waals surface area (Å²) in [5, 5.41) is 25.4. The molecule has 1 amide bonds. The molecule has 1 aromatic carbocycles. The molecule has 31 heavy (non-hydrogen) atoms. The van der Waals surface area contributed by atoms with E-state index >= 15 is 0 Å². The summed E-state index contributed by atoms with van der Waals surface area (Å²) < 4.78 is 7.88. The van der Waals surface area contributed by atoms with Gasteiger partial charge in [-0.1, -0.05) is 0 Å². The van der Waals surface area contributed by atoms with Crippen LogP contribution in [0.25, 0.3) is 15.7 Å². The first kappa shape index (κ1) is 20.4. The lowest BCUT2D eigenvalue weighted by Crippen LogP contribution is -2.29. The van der Waals surface area contributed by atoms with Crippen molar-refractivity contribution in [2.45, 2.75) is 27.7 Å². The number of hydrogen-bond donors (Lipinski definition) is 1. The maximum Gasteiger partial charge on any atom is 0.425 e. The van der Waals surface area contributed by atoms with Gasteiger partial charge in [0.05, 0.1) is 32.6 Å². The van der Waals surface area contributed by atoms with E-state index in [4.69, 9.17) is 4.74 Å². The molecule has 3 heterocycles. The number of benzene rings is 1. The van der Waals surface area contributed by atoms with Crippen molar-refractivity contribution in [2.75, 3.05) is 4.90 Å². The summed E-state index contributed by atoms with van der Waals surface area (Å²) in [6.45, 7) is 6.99. The largest absolute Gasteiger partial charge is 0.506 e. The Bertz CT molecular complexity index is 1410. The van der Waals surface area contributed by atoms with Crippen molar-refractivity contribution in [1.29, 1.82) is 5.26 Å². The summed E-state index contributed by atoms with van der Waals surface area (Å²) in [4.78, 5) is 19.1. The van der Waals surface area contributed by atoms with Crippen molar-refractivity contribution in [3.63, 3.8) is 0 Å². The first-order chi connectivity index (χ1) is 14.8. The minimum Gasteiger partial charge on any atom is -0.506 e. The van der Waals surface area contributed by atoms with Crippen LogP contribution in [0.1, 0.15) is 30.0 Å². The lowest BCUT2D eigenvalue weighted by atomic mass is 10.1. The minimum absolute atomic E-state index is 0.0882. The van der Waals surface area contributed by atoms with Crippen LogP contribution in [0, 0.1) is 25.2 Å². The van der Waals surface area contributed by atoms with Gasteiger partial charge in [0, 0.05) is 5.56 Å². The van der Waals surface area contributed by atoms with Gasteiger partial charge >= 0.3 is 6.09 Å². The van der Waals surface area contributed by atoms with Gasteiger partial charge in [0.2, 0.25) is 0 Å². The number of thiazole rings is 1. The molecule has 3 aromatic heterocycles. The normalized spacial score (nSPS) is 11.6. The van der Waals surface area contributed by atoms with E-state index < -0.39 is 6.09 Å². The first-order valence-electron chi connectivity index (χ1n) is 9.47. The number of nitriles is 1. The van der Waals surface area contributed by atoms with E-state index in [2.05, 4.69) is 10.1 Å². The van der Waals surface area contributed by atoms with E-state index in [9.17, 15) is 15.2 Å². The molecule has 1 N–H and O–H groups in total. The van der Waals surface area contributed by atoms with Crippen LogP contribution in [0.2, 0.25) is 0 Å². The number of allylic oxidation sites excluding steroid dienone is 2. The number of ether oxygens (including phenoxy) is 1. The van der Waals surface area contributed by atoms with Crippen LogP contribution in [0.15, 0.2) is 42.3 Å². The highest BCUT2D eigenvalue weighted by molar-refractivity contribution is 7.18. The van der Waals surface area contributed by atoms with Crippen molar-refractivity contribution >= 4 is 44.7 Å². The molecule has 0 unspecified atom stereocenters. The fourth-order valence-corrected chi connectivity index (χ4v) is 4.19. The molecule has 0 radical (unpaired) electrons. The number of fused-ring (bicyclic) bond motifs is 2. The molecule has 0 bridgehead atoms. The number of aryl methyl sites for hydroxylation is 1. The van der Waals surface area contributed by atoms with Crippen LogP contribution < -0.4 is 4.90 Å². The van der Waals surface area contributed by atoms with Crippen LogP contribution >= 0.6 is 11.3 Å². The average Bonchev–Trinajstić information content (AvgIpc) is 3.36. The highest BCUT2D eigenvalue weighted by atomic mass is 32.1. The third kappa shape index (κ3) is 3.37. The standard InChI is InChI=1S/C22H19N5O3S/c1-5-12(2)30-22(29)26(15-6-7-17-19(10-15)31-14(4)25-17)21-13(3)20(28)16(11-23)18-8-9-24-27(18)21/h5-10,28H,1-4H3/b12-5+. The molecular formula is C22H19N5O3S. The van der Waals surface area contributed by atoms with Crippen molar-refractivity contribution in [1.82, 2.24) is 14.6 Å². The van der Waals surface area contributed by atoms with Crippen LogP contribution in [0.3, 0.4) is 0 Å². The van der Waals surface area contributed by atoms with Crippen molar-refractivity contribution in [3.8, 4) is 11.8 Å². The number of nitrogens with zero attached hydrogens (tertiary/aromatic N) is 5. The maximum atomic E-state index is 13.3. The molecule has 0 aliphatic rings. The molecule has 9 heteroatoms. The third-order valence-electron chi connectivity index (χ3n) is 4.93. The van der Waals surface area contributed by atoms with Gasteiger partial charge in [-0.2, -0.15) is 10.4 Å². The molecule has 0 saturated heterocycles. The van der Waals surface area contributed by atoms with Gasteiger partial charge in [0.1, 0.15) is 23.1 Å². The Morgan fingerprint density at radius 1 is 1.35 bits per heavy atom. The molecular weight excluding hydrogens is 414 g/mol. The Labute approximate surface area is 182 Å². The third-order valence-corrected chi connectivity index (χ3v) is 5.86. The topological polar surface area (TPSA) is 104 Å². The Morgan fingerprint density at radius 3 is 2.84 bits per heavy atom. The zero-order valence-electron chi connectivity index (χ0n) is 17.4. The molecule has 0 aliphatic heterocycles. The van der Waals surface area contributed by atoms with Crippen LogP contribution in [0.5, 0.6) is 5.75 Å². The second-order valence-electron chi connectivity index (χ2n) is 6.90. The average molecular weight is 433 g/mol. The highest BCUT2D eigenvalue weighted by Gasteiger charge is 2.29. The van der Waals surface area contributed by atoms with Gasteiger partial charge in [-0.15, -0.1) is 11.3 Å². The summed E-state index contributed by atoms with van der Waals surface area (Å²) in [5.74, 6) is 0.503. The Hall–Kier alpha value is -3.90. The molecule has 4 rings (SSSR count). The van der Waals surface area contributed by atoms with Crippen molar-refractivity contribution in [3.05, 3.63) is 58.4 Å². The van der Waals surface area contributed by atoms with E-state index in [1.54, 1.807) is 39.0 Å². The molecule has 8 nitrogen and oxygen atoms in total. The Balaban J connectivity index is 2.01. The van der Waals surface area contributed by atoms with E-state index in [1.165, 1.54) is 26.9 Å². The summed E-state index contributed by atoms with van der Waals surface area (Å²) in [5.41, 5.74) is 2.14. The number of pyridine rings is 1. The lowest BCUT2D eigenvalue weighted by Gasteiger charge is -2.25. The number of aromatic nitrogens is 3. The predicted octanol–water partition coefficient (Wildman–Crippen LogP) is 5.34. The van der Waals surface area contributed by atoms with E-state index in [0.717, 1.165) is 15.2 Å². The van der Waals surface area contributed by atoms with Gasteiger partial charge in [0.15, 0.2) is 5.82 Å². The molecule has 4 aromatic rings. The monoisotopic (exact) mass is 433 g/mol. The van der Waals surface area contributed by atoms with E-state index in [0.29, 0.717) is 22.5 Å². The minimum atomic E-state index is -0.666. The second kappa shape index (κ2) is 7.74. The van der Waals surface area contributed by atoms with Crippen molar-refractivity contribution in [2.24, 2.45) is 0 Å². The zero-order valence-corrected chi connectivity index (χ0v) is 18.2. The van der Waals surface area contributed by atoms with Gasteiger partial charge < -0.3 is 9.84 Å². The number of amides is 1. The fourth-order valence-electron chi connectivity index (χ4n) is 3.33. The quantitative estimate of drug-likeness (QED) is 0.438. The summed E-state index contributed by atoms with van der Waals surface area (Å²) >= 11 is 1.51. The van der Waals surface area contributed by atoms with Crippen LogP contribution in [0.4, 0.5) is 16.3 Å². The van der Waals surface area contributed by atoms with Crippen molar-refractivity contribution < 1.29 is 14.6 Å². The molecule has 0 saturated carbocycles. The predicted molar refractivity (Wildman–Crippen MR) is 119 cm³/mol. The Morgan fingerprint density at radius 2 is 2.13 bits per heavy atom. The number of rotatable bonds is 3. The SMILES string of the molecule is C/C=C(\C)OC(=O)N(c1ccc2nc(C)sc2c1)c1c(C)c(O)c(C#N)c2ccnn12. The molecule has 0 spiro atoms. The van der Waals surface area contributed by atoms with Gasteiger partial charge in [-0.25, -0.2) is 19.2 Å². The molecule has 0 aliphatic carbocycles. The first-order valence-corrected chi connectivity index (χ1v) is 10.3. The lowest BCUT2D eigenvalue weighted by molar-refractivity contribution is 0.186. The maximum absolute atomic E-state index is 13.3. The van der Waals surface area contributed by atoms with Gasteiger partial charge in [0.25, 0.3) is 0 Å². The molecule has 0 atom stereocenters. The Kier molecular flexibility index (Phi) is 5.09. The summed E-state index contributed by atoms with van der Waals surface area (Å²) in [6.07, 6.45) is 2.52. The highest BCUT2D eigenvalue weighted by Crippen LogP contribution is 2.39. The number of carbonyl (C=O) groups is 1. The van der Waals surface area contributed by atoms with Crippen LogP contribution in [-0.4, -0.2) is 25.8 Å². The number of anilines is 2. The summed E-state index contributed by atoms with van der Waals surface area (Å²) in [7, 11) is 0. The zero-order chi connectivity index (χ0) is 22.3. The molecule has 0 fully saturated rings. The smallest absolute Gasteiger partial charge is 0.425 e. The van der Waals surface area contributed by atoms with E-state index in [-0.39, 0.29) is 17.1 Å². The van der Waals surface area contributed by atoms with Gasteiger partial charge in [-0.3, -0.25) is 0 Å². The number of aromatic hydroxyl groups is 1.